The second kappa shape index (κ2) is 9.64. The van der Waals surface area contributed by atoms with Crippen molar-refractivity contribution < 1.29 is 19.0 Å². The smallest absolute Gasteiger partial charge is 0.162 e. The Bertz CT molecular complexity index is 1070. The summed E-state index contributed by atoms with van der Waals surface area (Å²) in [6, 6.07) is 8.02. The number of rotatable bonds is 8. The van der Waals surface area contributed by atoms with Crippen molar-refractivity contribution in [3.05, 3.63) is 47.5 Å². The lowest BCUT2D eigenvalue weighted by molar-refractivity contribution is 0.172. The summed E-state index contributed by atoms with van der Waals surface area (Å²) in [7, 11) is 1.58. The molecule has 4 rings (SSSR count). The molecule has 0 amide bonds. The summed E-state index contributed by atoms with van der Waals surface area (Å²) in [5, 5.41) is 13.6. The zero-order valence-corrected chi connectivity index (χ0v) is 17.9. The van der Waals surface area contributed by atoms with E-state index in [-0.39, 0.29) is 11.1 Å². The lowest BCUT2D eigenvalue weighted by atomic mass is 10.2. The van der Waals surface area contributed by atoms with E-state index in [2.05, 4.69) is 20.2 Å². The third kappa shape index (κ3) is 5.15. The molecule has 0 bridgehead atoms. The van der Waals surface area contributed by atoms with E-state index < -0.39 is 5.82 Å². The molecule has 3 aromatic rings. The minimum absolute atomic E-state index is 0.0274. The molecule has 1 aromatic heterocycles. The molecule has 31 heavy (non-hydrogen) atoms. The fourth-order valence-corrected chi connectivity index (χ4v) is 3.81. The standard InChI is InChI=1S/C22H24ClFN4O3/c1-30-20-11-19-16(10-21(20)31-8-2-6-28-7-5-15(29)12-28)22(26-13-25-19)27-14-3-4-18(24)17(23)9-14/h3-4,9-11,13,15,29H,2,5-8,12H2,1H3,(H,25,26,27). The zero-order valence-electron chi connectivity index (χ0n) is 17.1. The lowest BCUT2D eigenvalue weighted by Crippen LogP contribution is -2.24. The molecule has 1 aliphatic rings. The fourth-order valence-electron chi connectivity index (χ4n) is 3.63. The first-order valence-electron chi connectivity index (χ1n) is 10.1. The maximum absolute atomic E-state index is 13.5. The van der Waals surface area contributed by atoms with Crippen molar-refractivity contribution in [1.82, 2.24) is 14.9 Å². The first kappa shape index (κ1) is 21.5. The maximum atomic E-state index is 13.5. The van der Waals surface area contributed by atoms with Gasteiger partial charge in [-0.1, -0.05) is 11.6 Å². The number of hydrogen-bond acceptors (Lipinski definition) is 7. The number of likely N-dealkylation sites (tertiary alicyclic amines) is 1. The lowest BCUT2D eigenvalue weighted by Gasteiger charge is -2.16. The minimum Gasteiger partial charge on any atom is -0.493 e. The maximum Gasteiger partial charge on any atom is 0.162 e. The quantitative estimate of drug-likeness (QED) is 0.506. The van der Waals surface area contributed by atoms with Crippen LogP contribution in [-0.4, -0.2) is 59.4 Å². The highest BCUT2D eigenvalue weighted by Crippen LogP contribution is 2.35. The van der Waals surface area contributed by atoms with Crippen LogP contribution in [0.25, 0.3) is 10.9 Å². The largest absolute Gasteiger partial charge is 0.493 e. The van der Waals surface area contributed by atoms with Gasteiger partial charge < -0.3 is 24.8 Å². The Labute approximate surface area is 184 Å². The van der Waals surface area contributed by atoms with Gasteiger partial charge in [-0.3, -0.25) is 0 Å². The highest BCUT2D eigenvalue weighted by molar-refractivity contribution is 6.31. The van der Waals surface area contributed by atoms with Gasteiger partial charge in [-0.25, -0.2) is 14.4 Å². The van der Waals surface area contributed by atoms with Crippen molar-refractivity contribution >= 4 is 34.0 Å². The van der Waals surface area contributed by atoms with Crippen LogP contribution in [0.2, 0.25) is 5.02 Å². The molecule has 1 fully saturated rings. The van der Waals surface area contributed by atoms with Gasteiger partial charge in [0.2, 0.25) is 0 Å². The summed E-state index contributed by atoms with van der Waals surface area (Å²) in [5.74, 6) is 1.24. The van der Waals surface area contributed by atoms with Crippen LogP contribution in [0.15, 0.2) is 36.7 Å². The average Bonchev–Trinajstić information content (AvgIpc) is 3.18. The van der Waals surface area contributed by atoms with Gasteiger partial charge in [-0.15, -0.1) is 0 Å². The Morgan fingerprint density at radius 2 is 2.13 bits per heavy atom. The van der Waals surface area contributed by atoms with Gasteiger partial charge in [0.1, 0.15) is 18.0 Å². The van der Waals surface area contributed by atoms with Crippen LogP contribution >= 0.6 is 11.6 Å². The molecule has 1 aliphatic heterocycles. The second-order valence-electron chi connectivity index (χ2n) is 7.44. The Morgan fingerprint density at radius 1 is 1.26 bits per heavy atom. The van der Waals surface area contributed by atoms with Gasteiger partial charge in [0.05, 0.1) is 30.4 Å². The summed E-state index contributed by atoms with van der Waals surface area (Å²) >= 11 is 5.89. The molecule has 1 unspecified atom stereocenters. The van der Waals surface area contributed by atoms with Gasteiger partial charge in [0, 0.05) is 36.8 Å². The van der Waals surface area contributed by atoms with Gasteiger partial charge in [-0.05, 0) is 37.1 Å². The molecule has 2 aromatic carbocycles. The first-order valence-corrected chi connectivity index (χ1v) is 10.5. The van der Waals surface area contributed by atoms with Gasteiger partial charge in [0.25, 0.3) is 0 Å². The van der Waals surface area contributed by atoms with Gasteiger partial charge >= 0.3 is 0 Å². The predicted octanol–water partition coefficient (Wildman–Crippen LogP) is 4.01. The Balaban J connectivity index is 1.51. The number of ether oxygens (including phenoxy) is 2. The zero-order chi connectivity index (χ0) is 21.8. The van der Waals surface area contributed by atoms with E-state index in [9.17, 15) is 9.50 Å². The van der Waals surface area contributed by atoms with Crippen LogP contribution in [0.3, 0.4) is 0 Å². The number of aliphatic hydroxyl groups is 1. The van der Waals surface area contributed by atoms with Crippen molar-refractivity contribution in [2.45, 2.75) is 18.9 Å². The molecular weight excluding hydrogens is 423 g/mol. The normalized spacial score (nSPS) is 16.6. The minimum atomic E-state index is -0.483. The van der Waals surface area contributed by atoms with Crippen LogP contribution in [0.4, 0.5) is 15.9 Å². The summed E-state index contributed by atoms with van der Waals surface area (Å²) in [5.41, 5.74) is 1.29. The number of aromatic nitrogens is 2. The highest BCUT2D eigenvalue weighted by atomic mass is 35.5. The van der Waals surface area contributed by atoms with E-state index in [4.69, 9.17) is 21.1 Å². The van der Waals surface area contributed by atoms with E-state index in [0.29, 0.717) is 35.1 Å². The molecule has 9 heteroatoms. The topological polar surface area (TPSA) is 79.7 Å². The summed E-state index contributed by atoms with van der Waals surface area (Å²) < 4.78 is 24.9. The highest BCUT2D eigenvalue weighted by Gasteiger charge is 2.19. The molecule has 7 nitrogen and oxygen atoms in total. The Kier molecular flexibility index (Phi) is 6.70. The van der Waals surface area contributed by atoms with Crippen molar-refractivity contribution in [2.75, 3.05) is 38.7 Å². The summed E-state index contributed by atoms with van der Waals surface area (Å²) in [6.45, 7) is 3.02. The van der Waals surface area contributed by atoms with Crippen LogP contribution < -0.4 is 14.8 Å². The monoisotopic (exact) mass is 446 g/mol. The third-order valence-corrected chi connectivity index (χ3v) is 5.52. The van der Waals surface area contributed by atoms with E-state index in [1.807, 2.05) is 6.07 Å². The number of hydrogen-bond donors (Lipinski definition) is 2. The SMILES string of the molecule is COc1cc2ncnc(Nc3ccc(F)c(Cl)c3)c2cc1OCCCN1CCC(O)C1. The number of aliphatic hydroxyl groups excluding tert-OH is 1. The third-order valence-electron chi connectivity index (χ3n) is 5.23. The number of anilines is 2. The molecule has 1 saturated heterocycles. The van der Waals surface area contributed by atoms with Crippen LogP contribution in [0, 0.1) is 5.82 Å². The van der Waals surface area contributed by atoms with E-state index >= 15 is 0 Å². The van der Waals surface area contributed by atoms with Crippen molar-refractivity contribution in [3.8, 4) is 11.5 Å². The molecule has 0 aliphatic carbocycles. The average molecular weight is 447 g/mol. The predicted molar refractivity (Wildman–Crippen MR) is 118 cm³/mol. The molecule has 0 spiro atoms. The fraction of sp³-hybridized carbons (Fsp3) is 0.364. The number of benzene rings is 2. The summed E-state index contributed by atoms with van der Waals surface area (Å²) in [4.78, 5) is 10.9. The number of nitrogens with zero attached hydrogens (tertiary/aromatic N) is 3. The van der Waals surface area contributed by atoms with Crippen LogP contribution in [0.5, 0.6) is 11.5 Å². The second-order valence-corrected chi connectivity index (χ2v) is 7.85. The van der Waals surface area contributed by atoms with E-state index in [0.717, 1.165) is 37.9 Å². The number of nitrogens with one attached hydrogen (secondary N) is 1. The molecular formula is C22H24ClFN4O3. The Hall–Kier alpha value is -2.68. The van der Waals surface area contributed by atoms with E-state index in [1.54, 1.807) is 19.2 Å². The van der Waals surface area contributed by atoms with Crippen LogP contribution in [0.1, 0.15) is 12.8 Å². The number of halogens is 2. The van der Waals surface area contributed by atoms with E-state index in [1.165, 1.54) is 18.5 Å². The molecule has 164 valence electrons. The summed E-state index contributed by atoms with van der Waals surface area (Å²) in [6.07, 6.45) is 2.89. The Morgan fingerprint density at radius 3 is 2.87 bits per heavy atom. The van der Waals surface area contributed by atoms with Crippen molar-refractivity contribution in [2.24, 2.45) is 0 Å². The molecule has 0 radical (unpaired) electrons. The van der Waals surface area contributed by atoms with Crippen LogP contribution in [-0.2, 0) is 0 Å². The molecule has 1 atom stereocenters. The molecule has 2 heterocycles. The first-order chi connectivity index (χ1) is 15.0. The number of methoxy groups -OCH3 is 1. The number of fused-ring (bicyclic) bond motifs is 1. The molecule has 0 saturated carbocycles. The van der Waals surface area contributed by atoms with Crippen molar-refractivity contribution in [1.29, 1.82) is 0 Å². The number of β-amino-alcohol motifs (C(OH)–C–C–N with tert-alkyl or cyclic N) is 1. The molecule has 2 N–H and O–H groups in total. The van der Waals surface area contributed by atoms with Gasteiger partial charge in [0.15, 0.2) is 11.5 Å². The van der Waals surface area contributed by atoms with Crippen molar-refractivity contribution in [3.63, 3.8) is 0 Å². The van der Waals surface area contributed by atoms with Gasteiger partial charge in [-0.2, -0.15) is 0 Å².